The molecule has 3 aromatic heterocycles. The van der Waals surface area contributed by atoms with Crippen LogP contribution in [0.15, 0.2) is 88.4 Å². The smallest absolute Gasteiger partial charge is 0.259 e. The summed E-state index contributed by atoms with van der Waals surface area (Å²) in [6, 6.07) is 22.4. The zero-order chi connectivity index (χ0) is 21.2. The largest absolute Gasteiger partial charge is 0.463 e. The van der Waals surface area contributed by atoms with E-state index >= 15 is 0 Å². The maximum atomic E-state index is 12.5. The van der Waals surface area contributed by atoms with Crippen LogP contribution in [-0.4, -0.2) is 19.7 Å². The first-order valence-corrected chi connectivity index (χ1v) is 9.53. The van der Waals surface area contributed by atoms with Gasteiger partial charge in [-0.25, -0.2) is 9.67 Å². The van der Waals surface area contributed by atoms with Gasteiger partial charge in [-0.05, 0) is 42.5 Å². The van der Waals surface area contributed by atoms with Gasteiger partial charge in [-0.1, -0.05) is 30.3 Å². The summed E-state index contributed by atoms with van der Waals surface area (Å²) in [6.45, 7) is 0. The number of para-hydroxylation sites is 2. The number of aromatic amines is 1. The molecule has 0 saturated carbocycles. The van der Waals surface area contributed by atoms with Crippen LogP contribution in [0.2, 0.25) is 0 Å². The summed E-state index contributed by atoms with van der Waals surface area (Å²) in [7, 11) is 0. The quantitative estimate of drug-likeness (QED) is 0.446. The minimum Gasteiger partial charge on any atom is -0.463 e. The van der Waals surface area contributed by atoms with E-state index in [9.17, 15) is 10.1 Å². The maximum absolute atomic E-state index is 12.5. The van der Waals surface area contributed by atoms with Crippen molar-refractivity contribution in [2.45, 2.75) is 0 Å². The van der Waals surface area contributed by atoms with Gasteiger partial charge in [0.15, 0.2) is 11.6 Å². The Hall–Kier alpha value is -4.70. The summed E-state index contributed by atoms with van der Waals surface area (Å²) in [5.74, 6) is 0.766. The van der Waals surface area contributed by atoms with Gasteiger partial charge < -0.3 is 9.40 Å². The summed E-state index contributed by atoms with van der Waals surface area (Å²) in [5.41, 5.74) is 2.53. The van der Waals surface area contributed by atoms with Crippen LogP contribution in [0.4, 0.5) is 0 Å². The standard InChI is InChI=1S/C24H15N5O2/c25-14-16(23-26-20-10-5-4-9-19(20)24(30)27-23)13-17-15-29(18-7-2-1-3-8-18)28-22(17)21-11-6-12-31-21/h1-13,15H,(H,26,27,30)/b16-13-. The third-order valence-electron chi connectivity index (χ3n) is 4.81. The second-order valence-corrected chi connectivity index (χ2v) is 6.79. The van der Waals surface area contributed by atoms with Crippen molar-refractivity contribution in [2.75, 3.05) is 0 Å². The van der Waals surface area contributed by atoms with Gasteiger partial charge in [0, 0.05) is 11.8 Å². The minimum atomic E-state index is -0.298. The van der Waals surface area contributed by atoms with Crippen molar-refractivity contribution in [1.82, 2.24) is 19.7 Å². The highest BCUT2D eigenvalue weighted by molar-refractivity contribution is 5.91. The van der Waals surface area contributed by atoms with E-state index < -0.39 is 0 Å². The predicted octanol–water partition coefficient (Wildman–Crippen LogP) is 4.43. The summed E-state index contributed by atoms with van der Waals surface area (Å²) >= 11 is 0. The monoisotopic (exact) mass is 405 g/mol. The van der Waals surface area contributed by atoms with E-state index in [1.165, 1.54) is 0 Å². The Morgan fingerprint density at radius 3 is 2.65 bits per heavy atom. The van der Waals surface area contributed by atoms with Gasteiger partial charge in [0.25, 0.3) is 5.56 Å². The number of hydrogen-bond acceptors (Lipinski definition) is 5. The molecule has 148 valence electrons. The van der Waals surface area contributed by atoms with Crippen molar-refractivity contribution >= 4 is 22.6 Å². The molecule has 5 aromatic rings. The number of aromatic nitrogens is 4. The summed E-state index contributed by atoms with van der Waals surface area (Å²) in [6.07, 6.45) is 5.03. The second-order valence-electron chi connectivity index (χ2n) is 6.79. The fourth-order valence-electron chi connectivity index (χ4n) is 3.33. The van der Waals surface area contributed by atoms with Crippen LogP contribution in [0.25, 0.3) is 39.7 Å². The van der Waals surface area contributed by atoms with Crippen molar-refractivity contribution in [3.63, 3.8) is 0 Å². The third-order valence-corrected chi connectivity index (χ3v) is 4.81. The lowest BCUT2D eigenvalue weighted by atomic mass is 10.1. The lowest BCUT2D eigenvalue weighted by molar-refractivity contribution is 0.579. The van der Waals surface area contributed by atoms with E-state index in [0.29, 0.717) is 27.9 Å². The summed E-state index contributed by atoms with van der Waals surface area (Å²) in [4.78, 5) is 19.6. The number of rotatable bonds is 4. The number of nitrogens with one attached hydrogen (secondary N) is 1. The molecule has 0 aliphatic carbocycles. The van der Waals surface area contributed by atoms with Crippen molar-refractivity contribution in [2.24, 2.45) is 0 Å². The third kappa shape index (κ3) is 3.43. The Labute approximate surface area is 176 Å². The number of furan rings is 1. The molecule has 0 fully saturated rings. The Morgan fingerprint density at radius 2 is 1.87 bits per heavy atom. The number of H-pyrrole nitrogens is 1. The number of nitriles is 1. The van der Waals surface area contributed by atoms with Gasteiger partial charge >= 0.3 is 0 Å². The minimum absolute atomic E-state index is 0.198. The van der Waals surface area contributed by atoms with Gasteiger partial charge in [0.05, 0.1) is 28.4 Å². The number of allylic oxidation sites excluding steroid dienone is 1. The normalized spacial score (nSPS) is 11.5. The van der Waals surface area contributed by atoms with Crippen LogP contribution in [0.5, 0.6) is 0 Å². The number of nitrogens with zero attached hydrogens (tertiary/aromatic N) is 4. The van der Waals surface area contributed by atoms with Gasteiger partial charge in [-0.2, -0.15) is 10.4 Å². The molecule has 0 saturated heterocycles. The maximum Gasteiger partial charge on any atom is 0.259 e. The molecule has 2 aromatic carbocycles. The first-order chi connectivity index (χ1) is 15.2. The highest BCUT2D eigenvalue weighted by Gasteiger charge is 2.16. The fourth-order valence-corrected chi connectivity index (χ4v) is 3.33. The highest BCUT2D eigenvalue weighted by atomic mass is 16.3. The average Bonchev–Trinajstić information content (AvgIpc) is 3.48. The number of hydrogen-bond donors (Lipinski definition) is 1. The zero-order valence-electron chi connectivity index (χ0n) is 16.2. The molecule has 3 heterocycles. The Bertz CT molecular complexity index is 1500. The molecule has 0 unspecified atom stereocenters. The first-order valence-electron chi connectivity index (χ1n) is 9.53. The SMILES string of the molecule is N#C/C(=C/c1cn(-c2ccccc2)nc1-c1ccco1)c1nc2ccccc2c(=O)[nH]1. The molecule has 31 heavy (non-hydrogen) atoms. The van der Waals surface area contributed by atoms with Crippen LogP contribution >= 0.6 is 0 Å². The number of fused-ring (bicyclic) bond motifs is 1. The van der Waals surface area contributed by atoms with Crippen LogP contribution in [0.3, 0.4) is 0 Å². The molecular weight excluding hydrogens is 390 g/mol. The Morgan fingerprint density at radius 1 is 1.06 bits per heavy atom. The fraction of sp³-hybridized carbons (Fsp3) is 0. The van der Waals surface area contributed by atoms with Gasteiger partial charge in [-0.15, -0.1) is 0 Å². The van der Waals surface area contributed by atoms with Gasteiger partial charge in [0.1, 0.15) is 11.8 Å². The molecule has 7 nitrogen and oxygen atoms in total. The molecule has 5 rings (SSSR count). The Kier molecular flexibility index (Phi) is 4.50. The van der Waals surface area contributed by atoms with Crippen LogP contribution in [-0.2, 0) is 0 Å². The molecule has 0 aliphatic rings. The van der Waals surface area contributed by atoms with Crippen LogP contribution in [0.1, 0.15) is 11.4 Å². The highest BCUT2D eigenvalue weighted by Crippen LogP contribution is 2.27. The second kappa shape index (κ2) is 7.61. The lowest BCUT2D eigenvalue weighted by Gasteiger charge is -2.02. The lowest BCUT2D eigenvalue weighted by Crippen LogP contribution is -2.11. The molecule has 0 amide bonds. The Balaban J connectivity index is 1.68. The van der Waals surface area contributed by atoms with Crippen LogP contribution in [0, 0.1) is 11.3 Å². The molecule has 0 aliphatic heterocycles. The molecule has 7 heteroatoms. The van der Waals surface area contributed by atoms with Crippen molar-refractivity contribution < 1.29 is 4.42 Å². The molecule has 0 atom stereocenters. The van der Waals surface area contributed by atoms with Crippen molar-refractivity contribution in [3.8, 4) is 23.2 Å². The molecular formula is C24H15N5O2. The first kappa shape index (κ1) is 18.3. The molecule has 0 bridgehead atoms. The zero-order valence-corrected chi connectivity index (χ0v) is 16.2. The molecule has 1 N–H and O–H groups in total. The summed E-state index contributed by atoms with van der Waals surface area (Å²) < 4.78 is 7.26. The predicted molar refractivity (Wildman–Crippen MR) is 117 cm³/mol. The van der Waals surface area contributed by atoms with E-state index in [1.807, 2.05) is 36.5 Å². The van der Waals surface area contributed by atoms with Gasteiger partial charge in [-0.3, -0.25) is 4.79 Å². The van der Waals surface area contributed by atoms with E-state index in [2.05, 4.69) is 21.1 Å². The average molecular weight is 405 g/mol. The summed E-state index contributed by atoms with van der Waals surface area (Å²) in [5, 5.41) is 14.9. The van der Waals surface area contributed by atoms with Crippen molar-refractivity contribution in [3.05, 3.63) is 101 Å². The van der Waals surface area contributed by atoms with Crippen LogP contribution < -0.4 is 5.56 Å². The topological polar surface area (TPSA) is 100 Å². The van der Waals surface area contributed by atoms with E-state index in [0.717, 1.165) is 5.69 Å². The number of benzene rings is 2. The van der Waals surface area contributed by atoms with Gasteiger partial charge in [0.2, 0.25) is 0 Å². The molecule has 0 radical (unpaired) electrons. The van der Waals surface area contributed by atoms with E-state index in [1.54, 1.807) is 53.4 Å². The van der Waals surface area contributed by atoms with Crippen molar-refractivity contribution in [1.29, 1.82) is 5.26 Å². The molecule has 0 spiro atoms. The van der Waals surface area contributed by atoms with E-state index in [4.69, 9.17) is 4.42 Å². The van der Waals surface area contributed by atoms with E-state index in [-0.39, 0.29) is 17.0 Å².